The molecule has 3 fully saturated rings. The summed E-state index contributed by atoms with van der Waals surface area (Å²) in [6.45, 7) is 2.39. The van der Waals surface area contributed by atoms with Crippen molar-refractivity contribution >= 4 is 5.78 Å². The summed E-state index contributed by atoms with van der Waals surface area (Å²) in [6, 6.07) is 6.50. The molecule has 1 saturated heterocycles. The van der Waals surface area contributed by atoms with Crippen molar-refractivity contribution in [3.63, 3.8) is 0 Å². The second-order valence-corrected chi connectivity index (χ2v) is 8.32. The molecule has 122 valence electrons. The smallest absolute Gasteiger partial charge is 0.133 e. The number of fused-ring (bicyclic) bond motifs is 1. The highest BCUT2D eigenvalue weighted by molar-refractivity contribution is 5.81. The predicted octanol–water partition coefficient (Wildman–Crippen LogP) is 3.04. The zero-order chi connectivity index (χ0) is 15.6. The maximum absolute atomic E-state index is 12.3. The normalized spacial score (nSPS) is 36.4. The highest BCUT2D eigenvalue weighted by Gasteiger charge is 2.55. The number of piperidine rings is 1. The van der Waals surface area contributed by atoms with Gasteiger partial charge in [0.05, 0.1) is 0 Å². The second kappa shape index (κ2) is 4.83. The molecule has 4 aliphatic rings. The molecule has 3 atom stereocenters. The van der Waals surface area contributed by atoms with E-state index in [1.165, 1.54) is 30.5 Å². The number of ketones is 1. The van der Waals surface area contributed by atoms with Crippen molar-refractivity contribution in [2.75, 3.05) is 13.1 Å². The van der Waals surface area contributed by atoms with Crippen LogP contribution in [-0.4, -0.2) is 34.9 Å². The van der Waals surface area contributed by atoms with E-state index in [4.69, 9.17) is 0 Å². The fourth-order valence-electron chi connectivity index (χ4n) is 5.75. The molecule has 0 aromatic heterocycles. The molecule has 3 heteroatoms. The standard InChI is InChI=1S/C20H25NO2/c22-15-4-3-14-9-19-17-6-5-16(23)11-20(17,18(14)10-15)7-8-21(19)12-13-1-2-13/h3-4,10,13,17,19,22H,1-2,5-9,11-12H2/t17-,19-,20-/m0/s1. The van der Waals surface area contributed by atoms with Crippen molar-refractivity contribution in [2.45, 2.75) is 56.4 Å². The third-order valence-electron chi connectivity index (χ3n) is 6.98. The maximum Gasteiger partial charge on any atom is 0.133 e. The molecule has 0 radical (unpaired) electrons. The van der Waals surface area contributed by atoms with Crippen molar-refractivity contribution in [3.05, 3.63) is 29.3 Å². The molecule has 5 rings (SSSR count). The van der Waals surface area contributed by atoms with Crippen LogP contribution in [0.5, 0.6) is 5.75 Å². The van der Waals surface area contributed by atoms with Gasteiger partial charge >= 0.3 is 0 Å². The minimum Gasteiger partial charge on any atom is -0.508 e. The third kappa shape index (κ3) is 2.09. The van der Waals surface area contributed by atoms with E-state index in [-0.39, 0.29) is 5.41 Å². The zero-order valence-corrected chi connectivity index (χ0v) is 13.6. The SMILES string of the molecule is O=C1CC[C@H]2[C@@H]3Cc4ccc(O)cc4[C@@]2(CCN3CC2CC2)C1. The average Bonchev–Trinajstić information content (AvgIpc) is 3.34. The first-order chi connectivity index (χ1) is 11.2. The fraction of sp³-hybridized carbons (Fsp3) is 0.650. The van der Waals surface area contributed by atoms with Gasteiger partial charge in [-0.15, -0.1) is 0 Å². The Morgan fingerprint density at radius 1 is 1.26 bits per heavy atom. The van der Waals surface area contributed by atoms with Gasteiger partial charge in [-0.2, -0.15) is 0 Å². The number of hydrogen-bond donors (Lipinski definition) is 1. The number of likely N-dealkylation sites (tertiary alicyclic amines) is 1. The lowest BCUT2D eigenvalue weighted by molar-refractivity contribution is -0.127. The van der Waals surface area contributed by atoms with Crippen LogP contribution in [0.4, 0.5) is 0 Å². The second-order valence-electron chi connectivity index (χ2n) is 8.32. The summed E-state index contributed by atoms with van der Waals surface area (Å²) >= 11 is 0. The average molecular weight is 311 g/mol. The van der Waals surface area contributed by atoms with Crippen molar-refractivity contribution in [2.24, 2.45) is 11.8 Å². The van der Waals surface area contributed by atoms with Gasteiger partial charge in [0, 0.05) is 30.8 Å². The van der Waals surface area contributed by atoms with E-state index in [0.29, 0.717) is 29.9 Å². The van der Waals surface area contributed by atoms with Gasteiger partial charge in [-0.05, 0) is 73.7 Å². The van der Waals surface area contributed by atoms with E-state index in [1.54, 1.807) is 0 Å². The molecule has 1 heterocycles. The van der Waals surface area contributed by atoms with Gasteiger partial charge in [0.1, 0.15) is 11.5 Å². The Hall–Kier alpha value is -1.35. The van der Waals surface area contributed by atoms with Crippen LogP contribution in [0.15, 0.2) is 18.2 Å². The highest BCUT2D eigenvalue weighted by atomic mass is 16.3. The number of phenols is 1. The summed E-state index contributed by atoms with van der Waals surface area (Å²) in [5.74, 6) is 2.30. The minimum absolute atomic E-state index is 0.00632. The lowest BCUT2D eigenvalue weighted by Crippen LogP contribution is -2.62. The number of phenolic OH excluding ortho intramolecular Hbond substituents is 1. The summed E-state index contributed by atoms with van der Waals surface area (Å²) in [7, 11) is 0. The summed E-state index contributed by atoms with van der Waals surface area (Å²) in [6.07, 6.45) is 7.49. The van der Waals surface area contributed by atoms with Gasteiger partial charge in [-0.3, -0.25) is 9.69 Å². The first kappa shape index (κ1) is 14.0. The number of Topliss-reactive ketones (excluding diaryl/α,β-unsaturated/α-hetero) is 1. The van der Waals surface area contributed by atoms with Crippen LogP contribution < -0.4 is 0 Å². The van der Waals surface area contributed by atoms with E-state index in [9.17, 15) is 9.90 Å². The number of aromatic hydroxyl groups is 1. The van der Waals surface area contributed by atoms with Gasteiger partial charge in [-0.1, -0.05) is 6.07 Å². The summed E-state index contributed by atoms with van der Waals surface area (Å²) in [5.41, 5.74) is 2.67. The first-order valence-corrected chi connectivity index (χ1v) is 9.24. The molecular weight excluding hydrogens is 286 g/mol. The third-order valence-corrected chi connectivity index (χ3v) is 6.98. The van der Waals surface area contributed by atoms with Crippen molar-refractivity contribution in [1.29, 1.82) is 0 Å². The Morgan fingerprint density at radius 3 is 2.96 bits per heavy atom. The number of carbonyl (C=O) groups excluding carboxylic acids is 1. The fourth-order valence-corrected chi connectivity index (χ4v) is 5.75. The van der Waals surface area contributed by atoms with Crippen LogP contribution in [0.2, 0.25) is 0 Å². The molecule has 1 aromatic carbocycles. The molecule has 3 aliphatic carbocycles. The maximum atomic E-state index is 12.3. The lowest BCUT2D eigenvalue weighted by atomic mass is 9.52. The van der Waals surface area contributed by atoms with Gasteiger partial charge in [0.2, 0.25) is 0 Å². The van der Waals surface area contributed by atoms with Crippen molar-refractivity contribution in [3.8, 4) is 5.75 Å². The molecule has 1 aliphatic heterocycles. The number of benzene rings is 1. The van der Waals surface area contributed by atoms with Crippen LogP contribution in [0.1, 0.15) is 49.7 Å². The van der Waals surface area contributed by atoms with E-state index >= 15 is 0 Å². The van der Waals surface area contributed by atoms with Crippen molar-refractivity contribution in [1.82, 2.24) is 4.90 Å². The molecule has 3 nitrogen and oxygen atoms in total. The van der Waals surface area contributed by atoms with E-state index in [1.807, 2.05) is 12.1 Å². The number of nitrogens with zero attached hydrogens (tertiary/aromatic N) is 1. The van der Waals surface area contributed by atoms with Crippen LogP contribution >= 0.6 is 0 Å². The van der Waals surface area contributed by atoms with E-state index in [2.05, 4.69) is 11.0 Å². The molecule has 1 N–H and O–H groups in total. The van der Waals surface area contributed by atoms with Gasteiger partial charge < -0.3 is 5.11 Å². The van der Waals surface area contributed by atoms with Gasteiger partial charge in [0.15, 0.2) is 0 Å². The quantitative estimate of drug-likeness (QED) is 0.912. The van der Waals surface area contributed by atoms with Crippen LogP contribution in [-0.2, 0) is 16.6 Å². The molecule has 0 spiro atoms. The Morgan fingerprint density at radius 2 is 2.13 bits per heavy atom. The topological polar surface area (TPSA) is 40.5 Å². The van der Waals surface area contributed by atoms with Crippen LogP contribution in [0.25, 0.3) is 0 Å². The van der Waals surface area contributed by atoms with Gasteiger partial charge in [0.25, 0.3) is 0 Å². The van der Waals surface area contributed by atoms with Crippen LogP contribution in [0, 0.1) is 11.8 Å². The number of rotatable bonds is 2. The predicted molar refractivity (Wildman–Crippen MR) is 88.5 cm³/mol. The molecule has 23 heavy (non-hydrogen) atoms. The number of hydrogen-bond acceptors (Lipinski definition) is 3. The molecular formula is C20H25NO2. The molecule has 0 amide bonds. The monoisotopic (exact) mass is 311 g/mol. The summed E-state index contributed by atoms with van der Waals surface area (Å²) in [5, 5.41) is 10.0. The largest absolute Gasteiger partial charge is 0.508 e. The molecule has 0 unspecified atom stereocenters. The van der Waals surface area contributed by atoms with E-state index in [0.717, 1.165) is 38.1 Å². The Labute approximate surface area is 137 Å². The van der Waals surface area contributed by atoms with Gasteiger partial charge in [-0.25, -0.2) is 0 Å². The molecule has 1 aromatic rings. The Kier molecular flexibility index (Phi) is 2.94. The Balaban J connectivity index is 1.60. The lowest BCUT2D eigenvalue weighted by Gasteiger charge is -2.58. The number of carbonyl (C=O) groups is 1. The minimum atomic E-state index is 0.00632. The Bertz CT molecular complexity index is 666. The van der Waals surface area contributed by atoms with E-state index < -0.39 is 0 Å². The zero-order valence-electron chi connectivity index (χ0n) is 13.6. The highest BCUT2D eigenvalue weighted by Crippen LogP contribution is 2.55. The van der Waals surface area contributed by atoms with Crippen LogP contribution in [0.3, 0.4) is 0 Å². The molecule has 2 bridgehead atoms. The molecule has 2 saturated carbocycles. The van der Waals surface area contributed by atoms with Crippen molar-refractivity contribution < 1.29 is 9.90 Å². The summed E-state index contributed by atoms with van der Waals surface area (Å²) in [4.78, 5) is 15.0. The summed E-state index contributed by atoms with van der Waals surface area (Å²) < 4.78 is 0. The first-order valence-electron chi connectivity index (χ1n) is 9.24.